The Bertz CT molecular complexity index is 1030. The molecule has 1 aliphatic rings. The molecule has 2 aromatic rings. The van der Waals surface area contributed by atoms with Crippen LogP contribution in [0.25, 0.3) is 0 Å². The highest BCUT2D eigenvalue weighted by molar-refractivity contribution is 6.01. The van der Waals surface area contributed by atoms with Gasteiger partial charge >= 0.3 is 0 Å². The number of hydrogen-bond donors (Lipinski definition) is 1. The van der Waals surface area contributed by atoms with E-state index in [0.29, 0.717) is 31.6 Å². The van der Waals surface area contributed by atoms with Crippen molar-refractivity contribution in [2.24, 2.45) is 0 Å². The van der Waals surface area contributed by atoms with Gasteiger partial charge in [0.25, 0.3) is 11.6 Å². The molecular formula is C22H24FN3O6. The van der Waals surface area contributed by atoms with Gasteiger partial charge in [-0.3, -0.25) is 19.7 Å². The maximum absolute atomic E-state index is 14.2. The molecule has 10 heteroatoms. The van der Waals surface area contributed by atoms with Crippen molar-refractivity contribution in [1.82, 2.24) is 4.90 Å². The van der Waals surface area contributed by atoms with Gasteiger partial charge in [-0.25, -0.2) is 4.39 Å². The minimum atomic E-state index is -0.723. The summed E-state index contributed by atoms with van der Waals surface area (Å²) in [5.74, 6) is -1.39. The highest BCUT2D eigenvalue weighted by Crippen LogP contribution is 2.26. The number of anilines is 1. The summed E-state index contributed by atoms with van der Waals surface area (Å²) in [4.78, 5) is 37.7. The van der Waals surface area contributed by atoms with Crippen LogP contribution in [0.15, 0.2) is 36.4 Å². The van der Waals surface area contributed by atoms with Gasteiger partial charge in [0.05, 0.1) is 11.5 Å². The molecule has 9 nitrogen and oxygen atoms in total. The minimum absolute atomic E-state index is 0.0475. The van der Waals surface area contributed by atoms with Crippen molar-refractivity contribution in [3.8, 4) is 5.75 Å². The Balaban J connectivity index is 1.69. The van der Waals surface area contributed by atoms with Crippen LogP contribution in [0.2, 0.25) is 0 Å². The molecule has 1 N–H and O–H groups in total. The molecule has 1 aliphatic heterocycles. The number of halogens is 1. The SMILES string of the molecule is COCCOc1ccc(NC(=O)C2CCCN2C(=O)c2ccc([N+](=O)[O-])c(C)c2)cc1F. The highest BCUT2D eigenvalue weighted by Gasteiger charge is 2.35. The second kappa shape index (κ2) is 10.2. The third-order valence-corrected chi connectivity index (χ3v) is 5.20. The van der Waals surface area contributed by atoms with Crippen LogP contribution in [-0.2, 0) is 9.53 Å². The number of nitro groups is 1. The van der Waals surface area contributed by atoms with E-state index < -0.39 is 22.7 Å². The van der Waals surface area contributed by atoms with Gasteiger partial charge in [-0.1, -0.05) is 0 Å². The predicted octanol–water partition coefficient (Wildman–Crippen LogP) is 3.31. The van der Waals surface area contributed by atoms with Gasteiger partial charge in [0.1, 0.15) is 12.6 Å². The van der Waals surface area contributed by atoms with Crippen molar-refractivity contribution >= 4 is 23.2 Å². The summed E-state index contributed by atoms with van der Waals surface area (Å²) >= 11 is 0. The van der Waals surface area contributed by atoms with E-state index in [1.165, 1.54) is 42.3 Å². The first kappa shape index (κ1) is 23.1. The maximum Gasteiger partial charge on any atom is 0.272 e. The van der Waals surface area contributed by atoms with Crippen molar-refractivity contribution in [1.29, 1.82) is 0 Å². The van der Waals surface area contributed by atoms with Gasteiger partial charge in [0.2, 0.25) is 5.91 Å². The molecule has 1 heterocycles. The van der Waals surface area contributed by atoms with Crippen LogP contribution in [0.4, 0.5) is 15.8 Å². The van der Waals surface area contributed by atoms with Crippen LogP contribution in [-0.4, -0.2) is 54.5 Å². The van der Waals surface area contributed by atoms with E-state index in [2.05, 4.69) is 5.32 Å². The van der Waals surface area contributed by atoms with E-state index in [9.17, 15) is 24.1 Å². The lowest BCUT2D eigenvalue weighted by Gasteiger charge is -2.24. The fraction of sp³-hybridized carbons (Fsp3) is 0.364. The second-order valence-electron chi connectivity index (χ2n) is 7.39. The van der Waals surface area contributed by atoms with Crippen LogP contribution < -0.4 is 10.1 Å². The average molecular weight is 445 g/mol. The number of hydrogen-bond acceptors (Lipinski definition) is 6. The lowest BCUT2D eigenvalue weighted by molar-refractivity contribution is -0.385. The van der Waals surface area contributed by atoms with E-state index in [-0.39, 0.29) is 35.2 Å². The van der Waals surface area contributed by atoms with Gasteiger partial charge in [0.15, 0.2) is 11.6 Å². The fourth-order valence-electron chi connectivity index (χ4n) is 3.60. The Hall–Kier alpha value is -3.53. The summed E-state index contributed by atoms with van der Waals surface area (Å²) in [6.07, 6.45) is 1.10. The van der Waals surface area contributed by atoms with E-state index >= 15 is 0 Å². The number of nitrogens with one attached hydrogen (secondary N) is 1. The van der Waals surface area contributed by atoms with Crippen molar-refractivity contribution in [2.45, 2.75) is 25.8 Å². The molecule has 0 saturated carbocycles. The highest BCUT2D eigenvalue weighted by atomic mass is 19.1. The first-order valence-electron chi connectivity index (χ1n) is 10.1. The number of carbonyl (C=O) groups is 2. The summed E-state index contributed by atoms with van der Waals surface area (Å²) in [5.41, 5.74) is 0.812. The third kappa shape index (κ3) is 5.20. The number of likely N-dealkylation sites (tertiary alicyclic amines) is 1. The van der Waals surface area contributed by atoms with Crippen molar-refractivity contribution in [3.05, 3.63) is 63.5 Å². The average Bonchev–Trinajstić information content (AvgIpc) is 3.24. The van der Waals surface area contributed by atoms with Crippen LogP contribution >= 0.6 is 0 Å². The number of carbonyl (C=O) groups excluding carboxylic acids is 2. The summed E-state index contributed by atoms with van der Waals surface area (Å²) in [6, 6.07) is 7.48. The smallest absolute Gasteiger partial charge is 0.272 e. The Morgan fingerprint density at radius 1 is 1.25 bits per heavy atom. The summed E-state index contributed by atoms with van der Waals surface area (Å²) < 4.78 is 24.3. The molecule has 0 aromatic heterocycles. The van der Waals surface area contributed by atoms with Gasteiger partial charge in [-0.15, -0.1) is 0 Å². The number of nitro benzene ring substituents is 1. The predicted molar refractivity (Wildman–Crippen MR) is 114 cm³/mol. The number of amides is 2. The molecule has 3 rings (SSSR count). The standard InChI is InChI=1S/C22H24FN3O6/c1-14-12-15(5-7-18(14)26(29)30)22(28)25-9-3-4-19(25)21(27)24-16-6-8-20(17(23)13-16)32-11-10-31-2/h5-8,12-13,19H,3-4,9-11H2,1-2H3,(H,24,27). The van der Waals surface area contributed by atoms with Crippen LogP contribution in [0.3, 0.4) is 0 Å². The van der Waals surface area contributed by atoms with E-state index in [0.717, 1.165) is 6.07 Å². The minimum Gasteiger partial charge on any atom is -0.488 e. The molecule has 1 atom stereocenters. The summed E-state index contributed by atoms with van der Waals surface area (Å²) in [7, 11) is 1.51. The molecule has 2 aromatic carbocycles. The quantitative estimate of drug-likeness (QED) is 0.379. The molecular weight excluding hydrogens is 421 g/mol. The molecule has 1 unspecified atom stereocenters. The number of methoxy groups -OCH3 is 1. The van der Waals surface area contributed by atoms with Gasteiger partial charge < -0.3 is 19.7 Å². The Labute approximate surface area is 184 Å². The van der Waals surface area contributed by atoms with Gasteiger partial charge in [0, 0.05) is 42.6 Å². The molecule has 2 amide bonds. The first-order chi connectivity index (χ1) is 15.3. The third-order valence-electron chi connectivity index (χ3n) is 5.20. The van der Waals surface area contributed by atoms with E-state index in [1.807, 2.05) is 0 Å². The molecule has 0 radical (unpaired) electrons. The van der Waals surface area contributed by atoms with Crippen LogP contribution in [0.1, 0.15) is 28.8 Å². The Kier molecular flexibility index (Phi) is 7.37. The Morgan fingerprint density at radius 3 is 2.69 bits per heavy atom. The number of aryl methyl sites for hydroxylation is 1. The number of rotatable bonds is 8. The molecule has 32 heavy (non-hydrogen) atoms. The number of ether oxygens (including phenoxy) is 2. The molecule has 0 aliphatic carbocycles. The topological polar surface area (TPSA) is 111 Å². The first-order valence-corrected chi connectivity index (χ1v) is 10.1. The van der Waals surface area contributed by atoms with Crippen molar-refractivity contribution < 1.29 is 28.4 Å². The summed E-state index contributed by atoms with van der Waals surface area (Å²) in [6.45, 7) is 2.45. The normalized spacial score (nSPS) is 15.5. The monoisotopic (exact) mass is 445 g/mol. The van der Waals surface area contributed by atoms with Crippen molar-refractivity contribution in [2.75, 3.05) is 32.2 Å². The Morgan fingerprint density at radius 2 is 2.03 bits per heavy atom. The lowest BCUT2D eigenvalue weighted by Crippen LogP contribution is -2.43. The van der Waals surface area contributed by atoms with Crippen molar-refractivity contribution in [3.63, 3.8) is 0 Å². The van der Waals surface area contributed by atoms with E-state index in [1.54, 1.807) is 6.92 Å². The molecule has 0 spiro atoms. The molecule has 1 fully saturated rings. The zero-order valence-electron chi connectivity index (χ0n) is 17.8. The largest absolute Gasteiger partial charge is 0.488 e. The van der Waals surface area contributed by atoms with E-state index in [4.69, 9.17) is 9.47 Å². The second-order valence-corrected chi connectivity index (χ2v) is 7.39. The number of nitrogens with zero attached hydrogens (tertiary/aromatic N) is 2. The van der Waals surface area contributed by atoms with Gasteiger partial charge in [-0.05, 0) is 44.0 Å². The molecule has 0 bridgehead atoms. The fourth-order valence-corrected chi connectivity index (χ4v) is 3.60. The number of benzene rings is 2. The zero-order valence-corrected chi connectivity index (χ0v) is 17.8. The van der Waals surface area contributed by atoms with Crippen LogP contribution in [0.5, 0.6) is 5.75 Å². The molecule has 1 saturated heterocycles. The molecule has 170 valence electrons. The van der Waals surface area contributed by atoms with Crippen LogP contribution in [0, 0.1) is 22.9 Å². The van der Waals surface area contributed by atoms with Gasteiger partial charge in [-0.2, -0.15) is 0 Å². The summed E-state index contributed by atoms with van der Waals surface area (Å²) in [5, 5.41) is 13.7. The lowest BCUT2D eigenvalue weighted by atomic mass is 10.1. The zero-order chi connectivity index (χ0) is 23.3. The maximum atomic E-state index is 14.2.